The molecule has 0 unspecified atom stereocenters. The summed E-state index contributed by atoms with van der Waals surface area (Å²) < 4.78 is 5.22. The Labute approximate surface area is 142 Å². The van der Waals surface area contributed by atoms with Gasteiger partial charge in [-0.05, 0) is 73.4 Å². The topological polar surface area (TPSA) is 62.1 Å². The molecular formula is C20H20N2O2. The Hall–Kier alpha value is -3.06. The van der Waals surface area contributed by atoms with Crippen LogP contribution in [0, 0.1) is 32.1 Å². The van der Waals surface area contributed by atoms with Gasteiger partial charge in [0.1, 0.15) is 17.4 Å². The minimum absolute atomic E-state index is 0.0544. The number of anilines is 1. The summed E-state index contributed by atoms with van der Waals surface area (Å²) in [6.45, 7) is 5.84. The molecule has 0 aliphatic rings. The van der Waals surface area contributed by atoms with Gasteiger partial charge in [0.2, 0.25) is 0 Å². The quantitative estimate of drug-likeness (QED) is 0.679. The second kappa shape index (κ2) is 7.47. The van der Waals surface area contributed by atoms with Crippen molar-refractivity contribution in [2.45, 2.75) is 20.8 Å². The van der Waals surface area contributed by atoms with Crippen LogP contribution in [0.15, 0.2) is 42.0 Å². The van der Waals surface area contributed by atoms with E-state index in [1.807, 2.05) is 63.2 Å². The summed E-state index contributed by atoms with van der Waals surface area (Å²) in [5, 5.41) is 12.1. The number of carbonyl (C=O) groups excluding carboxylic acids is 1. The van der Waals surface area contributed by atoms with Crippen LogP contribution in [-0.2, 0) is 4.79 Å². The summed E-state index contributed by atoms with van der Waals surface area (Å²) in [5.41, 5.74) is 4.57. The van der Waals surface area contributed by atoms with Crippen molar-refractivity contribution >= 4 is 17.7 Å². The van der Waals surface area contributed by atoms with Crippen LogP contribution in [0.3, 0.4) is 0 Å². The number of ether oxygens (including phenoxy) is 1. The summed E-state index contributed by atoms with van der Waals surface area (Å²) in [6.07, 6.45) is 1.57. The normalized spacial score (nSPS) is 10.9. The average molecular weight is 320 g/mol. The molecule has 1 amide bonds. The van der Waals surface area contributed by atoms with Crippen molar-refractivity contribution in [3.05, 3.63) is 64.2 Å². The third kappa shape index (κ3) is 4.23. The maximum Gasteiger partial charge on any atom is 0.266 e. The molecule has 0 fully saturated rings. The molecule has 0 atom stereocenters. The summed E-state index contributed by atoms with van der Waals surface area (Å²) in [7, 11) is 1.61. The van der Waals surface area contributed by atoms with Crippen molar-refractivity contribution in [3.63, 3.8) is 0 Å². The molecule has 0 heterocycles. The van der Waals surface area contributed by atoms with Crippen molar-refractivity contribution < 1.29 is 9.53 Å². The first-order valence-electron chi connectivity index (χ1n) is 7.59. The van der Waals surface area contributed by atoms with Crippen molar-refractivity contribution in [1.82, 2.24) is 0 Å². The van der Waals surface area contributed by atoms with E-state index in [9.17, 15) is 10.1 Å². The van der Waals surface area contributed by atoms with Gasteiger partial charge in [-0.1, -0.05) is 12.1 Å². The molecular weight excluding hydrogens is 300 g/mol. The first-order valence-corrected chi connectivity index (χ1v) is 7.59. The fourth-order valence-corrected chi connectivity index (χ4v) is 2.55. The minimum Gasteiger partial charge on any atom is -0.496 e. The predicted molar refractivity (Wildman–Crippen MR) is 95.9 cm³/mol. The first-order chi connectivity index (χ1) is 11.4. The molecule has 24 heavy (non-hydrogen) atoms. The van der Waals surface area contributed by atoms with E-state index < -0.39 is 5.91 Å². The minimum atomic E-state index is -0.420. The van der Waals surface area contributed by atoms with Crippen LogP contribution in [0.25, 0.3) is 6.08 Å². The van der Waals surface area contributed by atoms with E-state index in [0.717, 1.165) is 28.0 Å². The molecule has 0 bridgehead atoms. The molecule has 0 saturated heterocycles. The first kappa shape index (κ1) is 17.3. The molecule has 0 spiro atoms. The summed E-state index contributed by atoms with van der Waals surface area (Å²) in [6, 6.07) is 13.2. The molecule has 2 aromatic carbocycles. The predicted octanol–water partition coefficient (Wildman–Crippen LogP) is 4.17. The van der Waals surface area contributed by atoms with Gasteiger partial charge in [-0.25, -0.2) is 0 Å². The van der Waals surface area contributed by atoms with Gasteiger partial charge in [0.05, 0.1) is 7.11 Å². The molecule has 0 aromatic heterocycles. The Bertz CT molecular complexity index is 825. The van der Waals surface area contributed by atoms with Crippen molar-refractivity contribution in [3.8, 4) is 11.8 Å². The number of carbonyl (C=O) groups is 1. The number of nitriles is 1. The number of hydrogen-bond acceptors (Lipinski definition) is 3. The van der Waals surface area contributed by atoms with Gasteiger partial charge in [-0.15, -0.1) is 0 Å². The fraction of sp³-hybridized carbons (Fsp3) is 0.200. The molecule has 0 aliphatic heterocycles. The zero-order valence-corrected chi connectivity index (χ0v) is 14.3. The molecule has 0 radical (unpaired) electrons. The standard InChI is InChI=1S/C20H20N2O2/c1-13-7-14(2)9-18(8-13)22-20(23)17(12-21)11-16-5-6-19(24-4)15(3)10-16/h5-11H,1-4H3,(H,22,23)/b17-11+. The molecule has 122 valence electrons. The maximum atomic E-state index is 12.4. The highest BCUT2D eigenvalue weighted by Crippen LogP contribution is 2.20. The molecule has 4 heteroatoms. The summed E-state index contributed by atoms with van der Waals surface area (Å²) in [5.74, 6) is 0.348. The largest absolute Gasteiger partial charge is 0.496 e. The maximum absolute atomic E-state index is 12.4. The number of benzene rings is 2. The van der Waals surface area contributed by atoms with Gasteiger partial charge >= 0.3 is 0 Å². The summed E-state index contributed by atoms with van der Waals surface area (Å²) >= 11 is 0. The highest BCUT2D eigenvalue weighted by atomic mass is 16.5. The lowest BCUT2D eigenvalue weighted by Gasteiger charge is -2.08. The van der Waals surface area contributed by atoms with E-state index in [1.54, 1.807) is 13.2 Å². The van der Waals surface area contributed by atoms with E-state index in [-0.39, 0.29) is 5.57 Å². The Kier molecular flexibility index (Phi) is 5.39. The van der Waals surface area contributed by atoms with E-state index in [4.69, 9.17) is 4.74 Å². The fourth-order valence-electron chi connectivity index (χ4n) is 2.55. The van der Waals surface area contributed by atoms with Crippen LogP contribution in [-0.4, -0.2) is 13.0 Å². The summed E-state index contributed by atoms with van der Waals surface area (Å²) in [4.78, 5) is 12.4. The van der Waals surface area contributed by atoms with Crippen LogP contribution in [0.4, 0.5) is 5.69 Å². The lowest BCUT2D eigenvalue weighted by Crippen LogP contribution is -2.13. The molecule has 0 aliphatic carbocycles. The van der Waals surface area contributed by atoms with E-state index in [2.05, 4.69) is 5.32 Å². The Morgan fingerprint density at radius 2 is 1.79 bits per heavy atom. The van der Waals surface area contributed by atoms with E-state index in [0.29, 0.717) is 5.69 Å². The molecule has 4 nitrogen and oxygen atoms in total. The van der Waals surface area contributed by atoms with E-state index in [1.165, 1.54) is 0 Å². The van der Waals surface area contributed by atoms with Gasteiger partial charge < -0.3 is 10.1 Å². The van der Waals surface area contributed by atoms with Crippen LogP contribution < -0.4 is 10.1 Å². The number of nitrogens with zero attached hydrogens (tertiary/aromatic N) is 1. The average Bonchev–Trinajstić information content (AvgIpc) is 2.51. The smallest absolute Gasteiger partial charge is 0.266 e. The number of amides is 1. The second-order valence-electron chi connectivity index (χ2n) is 5.73. The van der Waals surface area contributed by atoms with Gasteiger partial charge in [0, 0.05) is 5.69 Å². The Morgan fingerprint density at radius 1 is 1.12 bits per heavy atom. The lowest BCUT2D eigenvalue weighted by atomic mass is 10.1. The van der Waals surface area contributed by atoms with Crippen LogP contribution >= 0.6 is 0 Å². The van der Waals surface area contributed by atoms with Crippen LogP contribution in [0.1, 0.15) is 22.3 Å². The zero-order chi connectivity index (χ0) is 17.7. The van der Waals surface area contributed by atoms with Gasteiger partial charge in [0.15, 0.2) is 0 Å². The van der Waals surface area contributed by atoms with Gasteiger partial charge in [-0.2, -0.15) is 5.26 Å². The number of hydrogen-bond donors (Lipinski definition) is 1. The van der Waals surface area contributed by atoms with Crippen molar-refractivity contribution in [2.24, 2.45) is 0 Å². The number of rotatable bonds is 4. The van der Waals surface area contributed by atoms with Gasteiger partial charge in [0.25, 0.3) is 5.91 Å². The molecule has 2 rings (SSSR count). The molecule has 2 aromatic rings. The SMILES string of the molecule is COc1ccc(/C=C(\C#N)C(=O)Nc2cc(C)cc(C)c2)cc1C. The second-order valence-corrected chi connectivity index (χ2v) is 5.73. The number of methoxy groups -OCH3 is 1. The van der Waals surface area contributed by atoms with Crippen molar-refractivity contribution in [1.29, 1.82) is 5.26 Å². The third-order valence-corrected chi connectivity index (χ3v) is 3.57. The Balaban J connectivity index is 2.25. The highest BCUT2D eigenvalue weighted by molar-refractivity contribution is 6.09. The highest BCUT2D eigenvalue weighted by Gasteiger charge is 2.10. The van der Waals surface area contributed by atoms with Crippen LogP contribution in [0.2, 0.25) is 0 Å². The zero-order valence-electron chi connectivity index (χ0n) is 14.3. The van der Waals surface area contributed by atoms with Gasteiger partial charge in [-0.3, -0.25) is 4.79 Å². The number of aryl methyl sites for hydroxylation is 3. The van der Waals surface area contributed by atoms with Crippen LogP contribution in [0.5, 0.6) is 5.75 Å². The Morgan fingerprint density at radius 3 is 2.33 bits per heavy atom. The molecule has 0 saturated carbocycles. The van der Waals surface area contributed by atoms with Crippen molar-refractivity contribution in [2.75, 3.05) is 12.4 Å². The lowest BCUT2D eigenvalue weighted by molar-refractivity contribution is -0.112. The third-order valence-electron chi connectivity index (χ3n) is 3.57. The van der Waals surface area contributed by atoms with E-state index >= 15 is 0 Å². The molecule has 1 N–H and O–H groups in total. The number of nitrogens with one attached hydrogen (secondary N) is 1. The monoisotopic (exact) mass is 320 g/mol.